The first-order valence-electron chi connectivity index (χ1n) is 7.33. The molecule has 1 fully saturated rings. The van der Waals surface area contributed by atoms with Crippen LogP contribution in [0, 0.1) is 0 Å². The highest BCUT2D eigenvalue weighted by Crippen LogP contribution is 2.13. The van der Waals surface area contributed by atoms with E-state index in [-0.39, 0.29) is 5.91 Å². The van der Waals surface area contributed by atoms with Crippen LogP contribution in [0.2, 0.25) is 0 Å². The Bertz CT molecular complexity index is 245. The summed E-state index contributed by atoms with van der Waals surface area (Å²) in [6, 6.07) is 0.890. The van der Waals surface area contributed by atoms with Crippen LogP contribution in [0.25, 0.3) is 0 Å². The predicted octanol–water partition coefficient (Wildman–Crippen LogP) is 1.37. The third-order valence-corrected chi connectivity index (χ3v) is 3.72. The maximum absolute atomic E-state index is 11.7. The largest absolute Gasteiger partial charge is 0.353 e. The molecule has 4 heteroatoms. The average Bonchev–Trinajstić information content (AvgIpc) is 2.31. The number of rotatable bonds is 7. The topological polar surface area (TPSA) is 44.4 Å². The maximum Gasteiger partial charge on any atom is 0.234 e. The standard InChI is InChI=1S/C14H29N3O/c1-4-7-12(2)16-14(18)11-15-10-13-8-5-6-9-17(13)3/h12-13,15H,4-11H2,1-3H3,(H,16,18). The lowest BCUT2D eigenvalue weighted by atomic mass is 10.0. The van der Waals surface area contributed by atoms with E-state index in [0.29, 0.717) is 18.6 Å². The summed E-state index contributed by atoms with van der Waals surface area (Å²) in [6.07, 6.45) is 6.04. The Morgan fingerprint density at radius 3 is 2.89 bits per heavy atom. The molecule has 0 spiro atoms. The summed E-state index contributed by atoms with van der Waals surface area (Å²) in [7, 11) is 2.18. The summed E-state index contributed by atoms with van der Waals surface area (Å²) in [5.41, 5.74) is 0. The van der Waals surface area contributed by atoms with Crippen molar-refractivity contribution in [1.29, 1.82) is 0 Å². The summed E-state index contributed by atoms with van der Waals surface area (Å²) < 4.78 is 0. The Morgan fingerprint density at radius 2 is 2.22 bits per heavy atom. The van der Waals surface area contributed by atoms with Gasteiger partial charge in [-0.3, -0.25) is 4.79 Å². The zero-order valence-corrected chi connectivity index (χ0v) is 12.2. The van der Waals surface area contributed by atoms with Gasteiger partial charge in [0.2, 0.25) is 5.91 Å². The van der Waals surface area contributed by atoms with Crippen LogP contribution in [0.4, 0.5) is 0 Å². The van der Waals surface area contributed by atoms with Crippen molar-refractivity contribution in [1.82, 2.24) is 15.5 Å². The van der Waals surface area contributed by atoms with Gasteiger partial charge in [-0.05, 0) is 39.8 Å². The van der Waals surface area contributed by atoms with Crippen LogP contribution in [0.15, 0.2) is 0 Å². The predicted molar refractivity (Wildman–Crippen MR) is 75.7 cm³/mol. The molecule has 0 saturated carbocycles. The minimum absolute atomic E-state index is 0.120. The molecule has 0 aromatic rings. The number of nitrogens with one attached hydrogen (secondary N) is 2. The van der Waals surface area contributed by atoms with Gasteiger partial charge in [0.25, 0.3) is 0 Å². The van der Waals surface area contributed by atoms with Crippen molar-refractivity contribution in [3.63, 3.8) is 0 Å². The molecule has 1 amide bonds. The first-order valence-corrected chi connectivity index (χ1v) is 7.33. The van der Waals surface area contributed by atoms with Crippen LogP contribution < -0.4 is 10.6 Å². The van der Waals surface area contributed by atoms with E-state index in [9.17, 15) is 4.79 Å². The Hall–Kier alpha value is -0.610. The molecule has 0 radical (unpaired) electrons. The Labute approximate surface area is 111 Å². The molecule has 2 atom stereocenters. The van der Waals surface area contributed by atoms with Gasteiger partial charge in [0.15, 0.2) is 0 Å². The van der Waals surface area contributed by atoms with Gasteiger partial charge in [0, 0.05) is 18.6 Å². The molecule has 4 nitrogen and oxygen atoms in total. The fraction of sp³-hybridized carbons (Fsp3) is 0.929. The molecule has 1 rings (SSSR count). The molecule has 2 N–H and O–H groups in total. The molecular weight excluding hydrogens is 226 g/mol. The fourth-order valence-corrected chi connectivity index (χ4v) is 2.59. The molecule has 0 bridgehead atoms. The molecule has 0 aromatic heterocycles. The van der Waals surface area contributed by atoms with Gasteiger partial charge in [-0.1, -0.05) is 19.8 Å². The van der Waals surface area contributed by atoms with Crippen LogP contribution in [-0.2, 0) is 4.79 Å². The van der Waals surface area contributed by atoms with E-state index in [1.54, 1.807) is 0 Å². The van der Waals surface area contributed by atoms with Gasteiger partial charge >= 0.3 is 0 Å². The molecular formula is C14H29N3O. The maximum atomic E-state index is 11.7. The van der Waals surface area contributed by atoms with E-state index in [4.69, 9.17) is 0 Å². The number of likely N-dealkylation sites (tertiary alicyclic amines) is 1. The quantitative estimate of drug-likeness (QED) is 0.722. The van der Waals surface area contributed by atoms with Gasteiger partial charge in [-0.15, -0.1) is 0 Å². The molecule has 0 aromatic carbocycles. The SMILES string of the molecule is CCCC(C)NC(=O)CNCC1CCCCN1C. The van der Waals surface area contributed by atoms with Crippen molar-refractivity contribution >= 4 is 5.91 Å². The number of amides is 1. The third-order valence-electron chi connectivity index (χ3n) is 3.72. The van der Waals surface area contributed by atoms with Crippen LogP contribution in [0.3, 0.4) is 0 Å². The Balaban J connectivity index is 2.11. The number of likely N-dealkylation sites (N-methyl/N-ethyl adjacent to an activating group) is 1. The lowest BCUT2D eigenvalue weighted by molar-refractivity contribution is -0.120. The number of carbonyl (C=O) groups is 1. The molecule has 2 unspecified atom stereocenters. The average molecular weight is 255 g/mol. The van der Waals surface area contributed by atoms with Crippen molar-refractivity contribution in [2.75, 3.05) is 26.7 Å². The summed E-state index contributed by atoms with van der Waals surface area (Å²) >= 11 is 0. The normalized spacial score (nSPS) is 22.7. The van der Waals surface area contributed by atoms with Crippen molar-refractivity contribution in [2.45, 2.75) is 58.0 Å². The van der Waals surface area contributed by atoms with Gasteiger partial charge in [0.05, 0.1) is 6.54 Å². The van der Waals surface area contributed by atoms with Gasteiger partial charge in [-0.25, -0.2) is 0 Å². The first kappa shape index (κ1) is 15.4. The second-order valence-electron chi connectivity index (χ2n) is 5.52. The fourth-order valence-electron chi connectivity index (χ4n) is 2.59. The molecule has 1 aliphatic heterocycles. The second-order valence-corrected chi connectivity index (χ2v) is 5.52. The highest BCUT2D eigenvalue weighted by molar-refractivity contribution is 5.78. The molecule has 18 heavy (non-hydrogen) atoms. The second kappa shape index (κ2) is 8.48. The van der Waals surface area contributed by atoms with Gasteiger partial charge < -0.3 is 15.5 Å². The highest BCUT2D eigenvalue weighted by atomic mass is 16.1. The van der Waals surface area contributed by atoms with Crippen LogP contribution in [0.1, 0.15) is 46.0 Å². The summed E-state index contributed by atoms with van der Waals surface area (Å²) in [5, 5.41) is 6.29. The van der Waals surface area contributed by atoms with Crippen LogP contribution in [-0.4, -0.2) is 49.6 Å². The molecule has 106 valence electrons. The van der Waals surface area contributed by atoms with E-state index >= 15 is 0 Å². The van der Waals surface area contributed by atoms with Crippen LogP contribution >= 0.6 is 0 Å². The van der Waals surface area contributed by atoms with E-state index in [2.05, 4.69) is 36.4 Å². The number of nitrogens with zero attached hydrogens (tertiary/aromatic N) is 1. The molecule has 1 aliphatic rings. The first-order chi connectivity index (χ1) is 8.63. The van der Waals surface area contributed by atoms with Crippen molar-refractivity contribution in [3.05, 3.63) is 0 Å². The summed E-state index contributed by atoms with van der Waals surface area (Å²) in [4.78, 5) is 14.1. The van der Waals surface area contributed by atoms with Gasteiger partial charge in [0.1, 0.15) is 0 Å². The van der Waals surface area contributed by atoms with Gasteiger partial charge in [-0.2, -0.15) is 0 Å². The number of carbonyl (C=O) groups excluding carboxylic acids is 1. The highest BCUT2D eigenvalue weighted by Gasteiger charge is 2.18. The van der Waals surface area contributed by atoms with Crippen molar-refractivity contribution in [2.24, 2.45) is 0 Å². The third kappa shape index (κ3) is 5.83. The monoisotopic (exact) mass is 255 g/mol. The lowest BCUT2D eigenvalue weighted by Gasteiger charge is -2.32. The molecule has 1 saturated heterocycles. The van der Waals surface area contributed by atoms with Crippen molar-refractivity contribution < 1.29 is 4.79 Å². The minimum atomic E-state index is 0.120. The summed E-state index contributed by atoms with van der Waals surface area (Å²) in [6.45, 7) is 6.76. The smallest absolute Gasteiger partial charge is 0.234 e. The van der Waals surface area contributed by atoms with E-state index in [0.717, 1.165) is 19.4 Å². The number of piperidine rings is 1. The zero-order chi connectivity index (χ0) is 13.4. The lowest BCUT2D eigenvalue weighted by Crippen LogP contribution is -2.46. The van der Waals surface area contributed by atoms with E-state index in [1.165, 1.54) is 25.8 Å². The zero-order valence-electron chi connectivity index (χ0n) is 12.2. The number of hydrogen-bond acceptors (Lipinski definition) is 3. The van der Waals surface area contributed by atoms with Crippen LogP contribution in [0.5, 0.6) is 0 Å². The molecule has 1 heterocycles. The Kier molecular flexibility index (Phi) is 7.28. The summed E-state index contributed by atoms with van der Waals surface area (Å²) in [5.74, 6) is 0.120. The van der Waals surface area contributed by atoms with E-state index in [1.807, 2.05) is 0 Å². The van der Waals surface area contributed by atoms with E-state index < -0.39 is 0 Å². The molecule has 0 aliphatic carbocycles. The Morgan fingerprint density at radius 1 is 1.44 bits per heavy atom. The van der Waals surface area contributed by atoms with Crippen molar-refractivity contribution in [3.8, 4) is 0 Å². The minimum Gasteiger partial charge on any atom is -0.353 e. The number of hydrogen-bond donors (Lipinski definition) is 2.